The average Bonchev–Trinajstić information content (AvgIpc) is 3.18. The van der Waals surface area contributed by atoms with E-state index < -0.39 is 5.69 Å². The summed E-state index contributed by atoms with van der Waals surface area (Å²) in [6.07, 6.45) is 0.795. The Morgan fingerprint density at radius 1 is 1.25 bits per heavy atom. The Hall–Kier alpha value is -2.87. The Labute approximate surface area is 166 Å². The number of carbonyl (C=O) groups excluding carboxylic acids is 1. The molecule has 8 heteroatoms. The van der Waals surface area contributed by atoms with Gasteiger partial charge < -0.3 is 10.1 Å². The third-order valence-electron chi connectivity index (χ3n) is 4.63. The molecule has 3 rings (SSSR count). The standard InChI is InChI=1S/C20H23N3O4S/c1-4-13(2)21-17(24)12-22-16-8-9-28-18(16)19(25)23(20(22)26)11-14-6-5-7-15(10-14)27-3/h5-10,13H,4,11-12H2,1-3H3,(H,21,24)/t13-/m0/s1. The quantitative estimate of drug-likeness (QED) is 0.658. The summed E-state index contributed by atoms with van der Waals surface area (Å²) in [6, 6.07) is 8.93. The van der Waals surface area contributed by atoms with Gasteiger partial charge in [0.15, 0.2) is 0 Å². The molecule has 0 aliphatic heterocycles. The lowest BCUT2D eigenvalue weighted by molar-refractivity contribution is -0.122. The van der Waals surface area contributed by atoms with E-state index in [-0.39, 0.29) is 30.6 Å². The molecule has 3 aromatic rings. The molecule has 1 amide bonds. The topological polar surface area (TPSA) is 82.3 Å². The van der Waals surface area contributed by atoms with Gasteiger partial charge in [0.25, 0.3) is 5.56 Å². The number of nitrogens with zero attached hydrogens (tertiary/aromatic N) is 2. The Morgan fingerprint density at radius 3 is 2.75 bits per heavy atom. The van der Waals surface area contributed by atoms with Crippen molar-refractivity contribution >= 4 is 27.5 Å². The van der Waals surface area contributed by atoms with E-state index in [0.717, 1.165) is 12.0 Å². The van der Waals surface area contributed by atoms with Gasteiger partial charge in [-0.05, 0) is 42.5 Å². The van der Waals surface area contributed by atoms with Crippen LogP contribution < -0.4 is 21.3 Å². The van der Waals surface area contributed by atoms with E-state index in [4.69, 9.17) is 4.74 Å². The van der Waals surface area contributed by atoms with Crippen molar-refractivity contribution < 1.29 is 9.53 Å². The number of aromatic nitrogens is 2. The Balaban J connectivity index is 2.05. The molecule has 7 nitrogen and oxygen atoms in total. The number of hydrogen-bond donors (Lipinski definition) is 1. The van der Waals surface area contributed by atoms with Crippen LogP contribution >= 0.6 is 11.3 Å². The van der Waals surface area contributed by atoms with Crippen molar-refractivity contribution in [2.45, 2.75) is 39.4 Å². The number of benzene rings is 1. The first-order chi connectivity index (χ1) is 13.4. The van der Waals surface area contributed by atoms with Crippen molar-refractivity contribution in [2.24, 2.45) is 0 Å². The van der Waals surface area contributed by atoms with Gasteiger partial charge in [-0.25, -0.2) is 4.79 Å². The fourth-order valence-electron chi connectivity index (χ4n) is 2.95. The van der Waals surface area contributed by atoms with Gasteiger partial charge in [-0.3, -0.25) is 18.7 Å². The number of rotatable bonds is 7. The van der Waals surface area contributed by atoms with Crippen LogP contribution in [0.1, 0.15) is 25.8 Å². The molecule has 0 aliphatic carbocycles. The van der Waals surface area contributed by atoms with Crippen LogP contribution in [0.15, 0.2) is 45.3 Å². The van der Waals surface area contributed by atoms with E-state index in [0.29, 0.717) is 16.0 Å². The van der Waals surface area contributed by atoms with Crippen LogP contribution in [0, 0.1) is 0 Å². The summed E-state index contributed by atoms with van der Waals surface area (Å²) < 4.78 is 8.21. The molecule has 0 saturated carbocycles. The number of carbonyl (C=O) groups is 1. The number of amides is 1. The lowest BCUT2D eigenvalue weighted by Gasteiger charge is -2.15. The van der Waals surface area contributed by atoms with E-state index in [2.05, 4.69) is 5.32 Å². The molecule has 0 bridgehead atoms. The number of thiophene rings is 1. The van der Waals surface area contributed by atoms with Crippen LogP contribution in [0.3, 0.4) is 0 Å². The van der Waals surface area contributed by atoms with E-state index in [1.54, 1.807) is 36.8 Å². The predicted molar refractivity (Wildman–Crippen MR) is 110 cm³/mol. The zero-order chi connectivity index (χ0) is 20.3. The monoisotopic (exact) mass is 401 g/mol. The number of methoxy groups -OCH3 is 1. The fourth-order valence-corrected chi connectivity index (χ4v) is 3.79. The largest absolute Gasteiger partial charge is 0.497 e. The van der Waals surface area contributed by atoms with Gasteiger partial charge >= 0.3 is 5.69 Å². The molecule has 2 heterocycles. The Bertz CT molecular complexity index is 1110. The molecule has 0 spiro atoms. The second-order valence-corrected chi connectivity index (χ2v) is 7.54. The first-order valence-electron chi connectivity index (χ1n) is 9.07. The van der Waals surface area contributed by atoms with Crippen LogP contribution in [0.4, 0.5) is 0 Å². The van der Waals surface area contributed by atoms with E-state index in [1.165, 1.54) is 20.5 Å². The van der Waals surface area contributed by atoms with Gasteiger partial charge in [0.1, 0.15) is 17.0 Å². The number of fused-ring (bicyclic) bond motifs is 1. The maximum absolute atomic E-state index is 13.1. The molecule has 148 valence electrons. The summed E-state index contributed by atoms with van der Waals surface area (Å²) in [6.45, 7) is 3.86. The van der Waals surface area contributed by atoms with Gasteiger partial charge in [0.2, 0.25) is 5.91 Å². The minimum Gasteiger partial charge on any atom is -0.497 e. The third kappa shape index (κ3) is 4.01. The first-order valence-corrected chi connectivity index (χ1v) is 9.95. The van der Waals surface area contributed by atoms with Crippen LogP contribution in [-0.4, -0.2) is 28.2 Å². The van der Waals surface area contributed by atoms with Crippen LogP contribution in [0.25, 0.3) is 10.2 Å². The highest BCUT2D eigenvalue weighted by molar-refractivity contribution is 7.17. The minimum atomic E-state index is -0.502. The highest BCUT2D eigenvalue weighted by Crippen LogP contribution is 2.16. The van der Waals surface area contributed by atoms with Crippen molar-refractivity contribution in [1.82, 2.24) is 14.5 Å². The SMILES string of the molecule is CC[C@H](C)NC(=O)Cn1c(=O)n(Cc2cccc(OC)c2)c(=O)c2sccc21. The summed E-state index contributed by atoms with van der Waals surface area (Å²) in [5, 5.41) is 4.62. The zero-order valence-electron chi connectivity index (χ0n) is 16.1. The summed E-state index contributed by atoms with van der Waals surface area (Å²) in [7, 11) is 1.56. The highest BCUT2D eigenvalue weighted by atomic mass is 32.1. The summed E-state index contributed by atoms with van der Waals surface area (Å²) in [4.78, 5) is 38.3. The first kappa shape index (κ1) is 19.9. The van der Waals surface area contributed by atoms with Gasteiger partial charge in [-0.2, -0.15) is 0 Å². The van der Waals surface area contributed by atoms with E-state index >= 15 is 0 Å². The van der Waals surface area contributed by atoms with Crippen molar-refractivity contribution in [3.05, 3.63) is 62.1 Å². The smallest absolute Gasteiger partial charge is 0.332 e. The van der Waals surface area contributed by atoms with Crippen LogP contribution in [-0.2, 0) is 17.9 Å². The number of hydrogen-bond acceptors (Lipinski definition) is 5. The van der Waals surface area contributed by atoms with Crippen LogP contribution in [0.5, 0.6) is 5.75 Å². The fraction of sp³-hybridized carbons (Fsp3) is 0.350. The molecular formula is C20H23N3O4S. The molecule has 28 heavy (non-hydrogen) atoms. The highest BCUT2D eigenvalue weighted by Gasteiger charge is 2.17. The van der Waals surface area contributed by atoms with Gasteiger partial charge in [-0.1, -0.05) is 19.1 Å². The van der Waals surface area contributed by atoms with Crippen molar-refractivity contribution in [1.29, 1.82) is 0 Å². The average molecular weight is 401 g/mol. The number of nitrogens with one attached hydrogen (secondary N) is 1. The molecule has 1 aromatic carbocycles. The van der Waals surface area contributed by atoms with Gasteiger partial charge in [0.05, 0.1) is 19.2 Å². The normalized spacial score (nSPS) is 12.1. The predicted octanol–water partition coefficient (Wildman–Crippen LogP) is 2.20. The molecule has 1 N–H and O–H groups in total. The second kappa shape index (κ2) is 8.43. The Kier molecular flexibility index (Phi) is 5.99. The molecule has 0 unspecified atom stereocenters. The summed E-state index contributed by atoms with van der Waals surface area (Å²) in [5.74, 6) is 0.395. The molecule has 0 radical (unpaired) electrons. The maximum Gasteiger partial charge on any atom is 0.332 e. The molecule has 1 atom stereocenters. The minimum absolute atomic E-state index is 0.0175. The molecule has 0 saturated heterocycles. The molecule has 2 aromatic heterocycles. The molecule has 0 aliphatic rings. The van der Waals surface area contributed by atoms with Crippen molar-refractivity contribution in [2.75, 3.05) is 7.11 Å². The summed E-state index contributed by atoms with van der Waals surface area (Å²) in [5.41, 5.74) is 0.403. The van der Waals surface area contributed by atoms with E-state index in [1.807, 2.05) is 19.9 Å². The molecular weight excluding hydrogens is 378 g/mol. The zero-order valence-corrected chi connectivity index (χ0v) is 16.9. The van der Waals surface area contributed by atoms with Crippen molar-refractivity contribution in [3.8, 4) is 5.75 Å². The lowest BCUT2D eigenvalue weighted by atomic mass is 10.2. The van der Waals surface area contributed by atoms with Crippen LogP contribution in [0.2, 0.25) is 0 Å². The maximum atomic E-state index is 13.1. The van der Waals surface area contributed by atoms with Gasteiger partial charge in [-0.15, -0.1) is 11.3 Å². The lowest BCUT2D eigenvalue weighted by Crippen LogP contribution is -2.43. The third-order valence-corrected chi connectivity index (χ3v) is 5.52. The Morgan fingerprint density at radius 2 is 2.04 bits per heavy atom. The second-order valence-electron chi connectivity index (χ2n) is 6.62. The van der Waals surface area contributed by atoms with Gasteiger partial charge in [0, 0.05) is 6.04 Å². The van der Waals surface area contributed by atoms with Crippen molar-refractivity contribution in [3.63, 3.8) is 0 Å². The summed E-state index contributed by atoms with van der Waals surface area (Å²) >= 11 is 1.27. The molecule has 0 fully saturated rings. The number of ether oxygens (including phenoxy) is 1. The van der Waals surface area contributed by atoms with E-state index in [9.17, 15) is 14.4 Å².